The van der Waals surface area contributed by atoms with Gasteiger partial charge in [-0.05, 0) is 32.9 Å². The fourth-order valence-corrected chi connectivity index (χ4v) is 2.18. The predicted octanol–water partition coefficient (Wildman–Crippen LogP) is 2.09. The zero-order valence-electron chi connectivity index (χ0n) is 14.0. The van der Waals surface area contributed by atoms with Crippen LogP contribution in [0.1, 0.15) is 19.5 Å². The molecule has 0 atom stereocenters. The van der Waals surface area contributed by atoms with Crippen LogP contribution in [0.3, 0.4) is 0 Å². The van der Waals surface area contributed by atoms with E-state index in [0.29, 0.717) is 5.82 Å². The number of nitrogens with zero attached hydrogens (tertiary/aromatic N) is 2. The number of aryl methyl sites for hydroxylation is 1. The van der Waals surface area contributed by atoms with Crippen LogP contribution in [0.15, 0.2) is 36.4 Å². The normalized spacial score (nSPS) is 10.5. The Morgan fingerprint density at radius 2 is 1.71 bits per heavy atom. The Labute approximate surface area is 140 Å². The van der Waals surface area contributed by atoms with Crippen LogP contribution >= 0.6 is 0 Å². The van der Waals surface area contributed by atoms with Gasteiger partial charge in [-0.1, -0.05) is 18.2 Å². The minimum Gasteiger partial charge on any atom is -0.464 e. The number of benzene rings is 1. The maximum atomic E-state index is 12.1. The Hall–Kier alpha value is -2.83. The Balaban J connectivity index is 2.32. The molecule has 0 saturated carbocycles. The van der Waals surface area contributed by atoms with Gasteiger partial charge in [0.1, 0.15) is 5.82 Å². The smallest absolute Gasteiger partial charge is 0.340 e. The first-order valence-corrected chi connectivity index (χ1v) is 7.78. The summed E-state index contributed by atoms with van der Waals surface area (Å²) in [6.07, 6.45) is 0. The first-order chi connectivity index (χ1) is 11.6. The van der Waals surface area contributed by atoms with Gasteiger partial charge in [0, 0.05) is 6.07 Å². The Morgan fingerprint density at radius 1 is 1.12 bits per heavy atom. The van der Waals surface area contributed by atoms with Crippen LogP contribution < -0.4 is 5.32 Å². The molecular weight excluding hydrogens is 310 g/mol. The van der Waals surface area contributed by atoms with Crippen molar-refractivity contribution >= 4 is 17.8 Å². The Kier molecular flexibility index (Phi) is 5.95. The number of hydrogen-bond acceptors (Lipinski definition) is 6. The average Bonchev–Trinajstić information content (AvgIpc) is 2.94. The van der Waals surface area contributed by atoms with E-state index in [-0.39, 0.29) is 13.2 Å². The van der Waals surface area contributed by atoms with E-state index in [4.69, 9.17) is 9.47 Å². The molecule has 0 unspecified atom stereocenters. The lowest BCUT2D eigenvalue weighted by atomic mass is 10.3. The molecule has 0 aliphatic rings. The van der Waals surface area contributed by atoms with E-state index in [1.165, 1.54) is 0 Å². The third-order valence-electron chi connectivity index (χ3n) is 3.17. The lowest BCUT2D eigenvalue weighted by Crippen LogP contribution is -2.40. The molecule has 0 saturated heterocycles. The summed E-state index contributed by atoms with van der Waals surface area (Å²) in [5, 5.41) is 7.28. The van der Waals surface area contributed by atoms with Gasteiger partial charge in [0.25, 0.3) is 0 Å². The molecule has 1 aromatic carbocycles. The second-order valence-electron chi connectivity index (χ2n) is 5.00. The quantitative estimate of drug-likeness (QED) is 0.618. The zero-order valence-corrected chi connectivity index (χ0v) is 14.0. The standard InChI is InChI=1S/C17H21N3O4/c1-4-23-16(21)15(17(22)24-5-2)18-14-11-12(3)19-20(14)13-9-7-6-8-10-13/h6-11,15,18H,4-5H2,1-3H3. The van der Waals surface area contributed by atoms with E-state index in [1.54, 1.807) is 24.6 Å². The van der Waals surface area contributed by atoms with Gasteiger partial charge in [-0.2, -0.15) is 5.10 Å². The van der Waals surface area contributed by atoms with E-state index >= 15 is 0 Å². The molecule has 0 amide bonds. The highest BCUT2D eigenvalue weighted by Crippen LogP contribution is 2.18. The maximum absolute atomic E-state index is 12.1. The van der Waals surface area contributed by atoms with Crippen molar-refractivity contribution in [2.24, 2.45) is 0 Å². The highest BCUT2D eigenvalue weighted by molar-refractivity contribution is 6.01. The van der Waals surface area contributed by atoms with Crippen molar-refractivity contribution in [2.75, 3.05) is 18.5 Å². The molecule has 7 nitrogen and oxygen atoms in total. The fourth-order valence-electron chi connectivity index (χ4n) is 2.18. The average molecular weight is 331 g/mol. The molecule has 128 valence electrons. The number of nitrogens with one attached hydrogen (secondary N) is 1. The molecule has 1 N–H and O–H groups in total. The minimum absolute atomic E-state index is 0.174. The van der Waals surface area contributed by atoms with Crippen LogP contribution in [0, 0.1) is 6.92 Å². The number of hydrogen-bond donors (Lipinski definition) is 1. The Bertz CT molecular complexity index is 679. The van der Waals surface area contributed by atoms with Gasteiger partial charge in [0.15, 0.2) is 0 Å². The molecule has 0 fully saturated rings. The van der Waals surface area contributed by atoms with Crippen LogP contribution in [-0.4, -0.2) is 41.0 Å². The van der Waals surface area contributed by atoms with E-state index < -0.39 is 18.0 Å². The monoisotopic (exact) mass is 331 g/mol. The van der Waals surface area contributed by atoms with Gasteiger partial charge < -0.3 is 14.8 Å². The molecule has 0 bridgehead atoms. The first kappa shape index (κ1) is 17.5. The highest BCUT2D eigenvalue weighted by Gasteiger charge is 2.30. The van der Waals surface area contributed by atoms with E-state index in [0.717, 1.165) is 11.4 Å². The van der Waals surface area contributed by atoms with Crippen molar-refractivity contribution in [3.8, 4) is 5.69 Å². The molecule has 2 rings (SSSR count). The molecule has 0 aliphatic carbocycles. The van der Waals surface area contributed by atoms with Gasteiger partial charge >= 0.3 is 11.9 Å². The number of carbonyl (C=O) groups is 2. The van der Waals surface area contributed by atoms with Crippen molar-refractivity contribution in [2.45, 2.75) is 26.8 Å². The second-order valence-corrected chi connectivity index (χ2v) is 5.00. The molecule has 24 heavy (non-hydrogen) atoms. The topological polar surface area (TPSA) is 82.5 Å². The second kappa shape index (κ2) is 8.14. The number of esters is 2. The Morgan fingerprint density at radius 3 is 2.25 bits per heavy atom. The molecule has 7 heteroatoms. The molecular formula is C17H21N3O4. The van der Waals surface area contributed by atoms with Crippen molar-refractivity contribution in [3.63, 3.8) is 0 Å². The maximum Gasteiger partial charge on any atom is 0.340 e. The zero-order chi connectivity index (χ0) is 17.5. The summed E-state index contributed by atoms with van der Waals surface area (Å²) in [6.45, 7) is 5.53. The largest absolute Gasteiger partial charge is 0.464 e. The summed E-state index contributed by atoms with van der Waals surface area (Å²) in [4.78, 5) is 24.2. The first-order valence-electron chi connectivity index (χ1n) is 7.78. The van der Waals surface area contributed by atoms with Crippen molar-refractivity contribution in [3.05, 3.63) is 42.1 Å². The molecule has 0 radical (unpaired) electrons. The SMILES string of the molecule is CCOC(=O)C(Nc1cc(C)nn1-c1ccccc1)C(=O)OCC. The molecule has 1 aromatic heterocycles. The summed E-state index contributed by atoms with van der Waals surface area (Å²) >= 11 is 0. The van der Waals surface area contributed by atoms with Crippen LogP contribution in [-0.2, 0) is 19.1 Å². The minimum atomic E-state index is -1.25. The highest BCUT2D eigenvalue weighted by atomic mass is 16.6. The molecule has 0 aliphatic heterocycles. The third kappa shape index (κ3) is 4.13. The van der Waals surface area contributed by atoms with Gasteiger partial charge in [-0.3, -0.25) is 0 Å². The van der Waals surface area contributed by atoms with Crippen molar-refractivity contribution in [1.82, 2.24) is 9.78 Å². The summed E-state index contributed by atoms with van der Waals surface area (Å²) in [5.74, 6) is -0.867. The fraction of sp³-hybridized carbons (Fsp3) is 0.353. The van der Waals surface area contributed by atoms with Gasteiger partial charge in [0.05, 0.1) is 24.6 Å². The van der Waals surface area contributed by atoms with Gasteiger partial charge in [-0.25, -0.2) is 14.3 Å². The lowest BCUT2D eigenvalue weighted by Gasteiger charge is -2.17. The molecule has 2 aromatic rings. The molecule has 0 spiro atoms. The summed E-state index contributed by atoms with van der Waals surface area (Å²) in [7, 11) is 0. The number of carbonyl (C=O) groups excluding carboxylic acids is 2. The number of aromatic nitrogens is 2. The lowest BCUT2D eigenvalue weighted by molar-refractivity contribution is -0.155. The summed E-state index contributed by atoms with van der Waals surface area (Å²) < 4.78 is 11.6. The van der Waals surface area contributed by atoms with E-state index in [2.05, 4.69) is 10.4 Å². The number of para-hydroxylation sites is 1. The predicted molar refractivity (Wildman–Crippen MR) is 89.0 cm³/mol. The van der Waals surface area contributed by atoms with E-state index in [9.17, 15) is 9.59 Å². The van der Waals surface area contributed by atoms with E-state index in [1.807, 2.05) is 37.3 Å². The van der Waals surface area contributed by atoms with Crippen molar-refractivity contribution < 1.29 is 19.1 Å². The van der Waals surface area contributed by atoms with Crippen LogP contribution in [0.5, 0.6) is 0 Å². The van der Waals surface area contributed by atoms with Crippen LogP contribution in [0.25, 0.3) is 5.69 Å². The van der Waals surface area contributed by atoms with Crippen LogP contribution in [0.2, 0.25) is 0 Å². The number of rotatable bonds is 7. The summed E-state index contributed by atoms with van der Waals surface area (Å²) in [6, 6.07) is 9.91. The van der Waals surface area contributed by atoms with Gasteiger partial charge in [0.2, 0.25) is 6.04 Å². The number of ether oxygens (including phenoxy) is 2. The summed E-state index contributed by atoms with van der Waals surface area (Å²) in [5.41, 5.74) is 1.55. The third-order valence-corrected chi connectivity index (χ3v) is 3.17. The van der Waals surface area contributed by atoms with Crippen molar-refractivity contribution in [1.29, 1.82) is 0 Å². The van der Waals surface area contributed by atoms with Gasteiger partial charge in [-0.15, -0.1) is 0 Å². The molecule has 1 heterocycles. The van der Waals surface area contributed by atoms with Crippen LogP contribution in [0.4, 0.5) is 5.82 Å². The number of anilines is 1.